The van der Waals surface area contributed by atoms with Crippen LogP contribution in [0.5, 0.6) is 0 Å². The van der Waals surface area contributed by atoms with Gasteiger partial charge in [0.05, 0.1) is 6.04 Å². The largest absolute Gasteiger partial charge is 0.354 e. The summed E-state index contributed by atoms with van der Waals surface area (Å²) >= 11 is 0. The Balaban J connectivity index is 2.16. The molecule has 5 nitrogen and oxygen atoms in total. The summed E-state index contributed by atoms with van der Waals surface area (Å²) in [6.45, 7) is 2.08. The molecule has 0 amide bonds. The van der Waals surface area contributed by atoms with Crippen LogP contribution in [0.25, 0.3) is 0 Å². The van der Waals surface area contributed by atoms with E-state index < -0.39 is 0 Å². The SMILES string of the molecule is CN(C)c1nccc(N(C)C2CNC2)n1. The van der Waals surface area contributed by atoms with E-state index in [1.165, 1.54) is 0 Å². The average molecular weight is 207 g/mol. The summed E-state index contributed by atoms with van der Waals surface area (Å²) in [4.78, 5) is 12.8. The van der Waals surface area contributed by atoms with Crippen molar-refractivity contribution in [3.63, 3.8) is 0 Å². The molecule has 0 bridgehead atoms. The van der Waals surface area contributed by atoms with Crippen molar-refractivity contribution in [3.8, 4) is 0 Å². The van der Waals surface area contributed by atoms with Gasteiger partial charge in [0, 0.05) is 40.4 Å². The lowest BCUT2D eigenvalue weighted by Gasteiger charge is -2.36. The van der Waals surface area contributed by atoms with E-state index in [-0.39, 0.29) is 0 Å². The van der Waals surface area contributed by atoms with Gasteiger partial charge in [-0.05, 0) is 6.07 Å². The summed E-state index contributed by atoms with van der Waals surface area (Å²) in [6.07, 6.45) is 1.81. The average Bonchev–Trinajstić information content (AvgIpc) is 2.15. The molecule has 0 unspecified atom stereocenters. The van der Waals surface area contributed by atoms with Crippen LogP contribution in [0.2, 0.25) is 0 Å². The summed E-state index contributed by atoms with van der Waals surface area (Å²) in [5.74, 6) is 1.74. The van der Waals surface area contributed by atoms with Crippen molar-refractivity contribution in [1.29, 1.82) is 0 Å². The molecule has 0 saturated carbocycles. The summed E-state index contributed by atoms with van der Waals surface area (Å²) in [5.41, 5.74) is 0. The van der Waals surface area contributed by atoms with Crippen LogP contribution < -0.4 is 15.1 Å². The fraction of sp³-hybridized carbons (Fsp3) is 0.600. The lowest BCUT2D eigenvalue weighted by molar-refractivity contribution is 0.426. The number of hydrogen-bond donors (Lipinski definition) is 1. The molecule has 0 radical (unpaired) electrons. The summed E-state index contributed by atoms with van der Waals surface area (Å²) < 4.78 is 0. The van der Waals surface area contributed by atoms with Gasteiger partial charge in [0.2, 0.25) is 5.95 Å². The maximum absolute atomic E-state index is 4.49. The van der Waals surface area contributed by atoms with Crippen LogP contribution in [-0.4, -0.2) is 50.2 Å². The first kappa shape index (κ1) is 10.2. The Bertz CT molecular complexity index is 334. The number of likely N-dealkylation sites (N-methyl/N-ethyl adjacent to an activating group) is 1. The molecular weight excluding hydrogens is 190 g/mol. The quantitative estimate of drug-likeness (QED) is 0.753. The highest BCUT2D eigenvalue weighted by molar-refractivity contribution is 5.43. The zero-order valence-corrected chi connectivity index (χ0v) is 9.44. The van der Waals surface area contributed by atoms with E-state index in [0.717, 1.165) is 24.9 Å². The number of anilines is 2. The minimum atomic E-state index is 0.565. The van der Waals surface area contributed by atoms with E-state index in [9.17, 15) is 0 Å². The van der Waals surface area contributed by atoms with Crippen LogP contribution >= 0.6 is 0 Å². The molecule has 2 rings (SSSR count). The number of rotatable bonds is 3. The molecule has 2 heterocycles. The fourth-order valence-corrected chi connectivity index (χ4v) is 1.49. The molecule has 5 heteroatoms. The highest BCUT2D eigenvalue weighted by Crippen LogP contribution is 2.15. The Morgan fingerprint density at radius 3 is 2.60 bits per heavy atom. The van der Waals surface area contributed by atoms with Gasteiger partial charge in [-0.3, -0.25) is 0 Å². The highest BCUT2D eigenvalue weighted by atomic mass is 15.3. The van der Waals surface area contributed by atoms with Gasteiger partial charge in [-0.2, -0.15) is 4.98 Å². The molecule has 1 aliphatic heterocycles. The zero-order valence-electron chi connectivity index (χ0n) is 9.44. The Morgan fingerprint density at radius 1 is 1.33 bits per heavy atom. The van der Waals surface area contributed by atoms with Crippen molar-refractivity contribution in [2.75, 3.05) is 44.0 Å². The third kappa shape index (κ3) is 2.02. The smallest absolute Gasteiger partial charge is 0.226 e. The second-order valence-corrected chi connectivity index (χ2v) is 4.03. The van der Waals surface area contributed by atoms with Crippen molar-refractivity contribution in [2.45, 2.75) is 6.04 Å². The first-order valence-corrected chi connectivity index (χ1v) is 5.12. The predicted molar refractivity (Wildman–Crippen MR) is 61.4 cm³/mol. The summed E-state index contributed by atoms with van der Waals surface area (Å²) in [5, 5.41) is 3.25. The Kier molecular flexibility index (Phi) is 2.73. The minimum absolute atomic E-state index is 0.565. The molecule has 1 aliphatic rings. The van der Waals surface area contributed by atoms with Gasteiger partial charge in [0.1, 0.15) is 5.82 Å². The van der Waals surface area contributed by atoms with Crippen LogP contribution in [-0.2, 0) is 0 Å². The summed E-state index contributed by atoms with van der Waals surface area (Å²) in [7, 11) is 5.97. The first-order valence-electron chi connectivity index (χ1n) is 5.12. The third-order valence-corrected chi connectivity index (χ3v) is 2.70. The maximum atomic E-state index is 4.49. The van der Waals surface area contributed by atoms with Crippen molar-refractivity contribution in [1.82, 2.24) is 15.3 Å². The number of nitrogens with zero attached hydrogens (tertiary/aromatic N) is 4. The topological polar surface area (TPSA) is 44.3 Å². The van der Waals surface area contributed by atoms with Crippen LogP contribution in [0.15, 0.2) is 12.3 Å². The standard InChI is InChI=1S/C10H17N5/c1-14(2)10-12-5-4-9(13-10)15(3)8-6-11-7-8/h4-5,8,11H,6-7H2,1-3H3. The molecular formula is C10H17N5. The van der Waals surface area contributed by atoms with Crippen molar-refractivity contribution >= 4 is 11.8 Å². The predicted octanol–water partition coefficient (Wildman–Crippen LogP) is -0.0494. The minimum Gasteiger partial charge on any atom is -0.354 e. The van der Waals surface area contributed by atoms with E-state index >= 15 is 0 Å². The lowest BCUT2D eigenvalue weighted by Crippen LogP contribution is -2.56. The van der Waals surface area contributed by atoms with E-state index in [2.05, 4.69) is 27.2 Å². The van der Waals surface area contributed by atoms with Crippen molar-refractivity contribution < 1.29 is 0 Å². The lowest BCUT2D eigenvalue weighted by atomic mass is 10.1. The van der Waals surface area contributed by atoms with Crippen LogP contribution in [0.1, 0.15) is 0 Å². The van der Waals surface area contributed by atoms with Gasteiger partial charge in [-0.25, -0.2) is 4.98 Å². The van der Waals surface area contributed by atoms with Crippen LogP contribution in [0.3, 0.4) is 0 Å². The van der Waals surface area contributed by atoms with Gasteiger partial charge in [-0.1, -0.05) is 0 Å². The number of aromatic nitrogens is 2. The molecule has 1 saturated heterocycles. The van der Waals surface area contributed by atoms with Crippen molar-refractivity contribution in [2.24, 2.45) is 0 Å². The fourth-order valence-electron chi connectivity index (χ4n) is 1.49. The molecule has 0 atom stereocenters. The van der Waals surface area contributed by atoms with Gasteiger partial charge in [0.15, 0.2) is 0 Å². The van der Waals surface area contributed by atoms with E-state index in [1.807, 2.05) is 25.1 Å². The molecule has 15 heavy (non-hydrogen) atoms. The molecule has 82 valence electrons. The maximum Gasteiger partial charge on any atom is 0.226 e. The van der Waals surface area contributed by atoms with Gasteiger partial charge in [-0.15, -0.1) is 0 Å². The van der Waals surface area contributed by atoms with Crippen molar-refractivity contribution in [3.05, 3.63) is 12.3 Å². The zero-order chi connectivity index (χ0) is 10.8. The van der Waals surface area contributed by atoms with Gasteiger partial charge >= 0.3 is 0 Å². The number of hydrogen-bond acceptors (Lipinski definition) is 5. The van der Waals surface area contributed by atoms with Crippen LogP contribution in [0.4, 0.5) is 11.8 Å². The normalized spacial score (nSPS) is 15.9. The number of nitrogens with one attached hydrogen (secondary N) is 1. The van der Waals surface area contributed by atoms with E-state index in [0.29, 0.717) is 6.04 Å². The molecule has 1 aromatic heterocycles. The van der Waals surface area contributed by atoms with E-state index in [1.54, 1.807) is 6.20 Å². The third-order valence-electron chi connectivity index (χ3n) is 2.70. The molecule has 0 aromatic carbocycles. The Labute approximate surface area is 90.1 Å². The highest BCUT2D eigenvalue weighted by Gasteiger charge is 2.22. The van der Waals surface area contributed by atoms with Gasteiger partial charge < -0.3 is 15.1 Å². The molecule has 1 fully saturated rings. The second-order valence-electron chi connectivity index (χ2n) is 4.03. The van der Waals surface area contributed by atoms with Gasteiger partial charge in [0.25, 0.3) is 0 Å². The first-order chi connectivity index (χ1) is 7.18. The second kappa shape index (κ2) is 4.02. The van der Waals surface area contributed by atoms with Crippen LogP contribution in [0, 0.1) is 0 Å². The van der Waals surface area contributed by atoms with E-state index in [4.69, 9.17) is 0 Å². The molecule has 0 aliphatic carbocycles. The monoisotopic (exact) mass is 207 g/mol. The Hall–Kier alpha value is -1.36. The molecule has 0 spiro atoms. The summed E-state index contributed by atoms with van der Waals surface area (Å²) in [6, 6.07) is 2.51. The Morgan fingerprint density at radius 2 is 2.07 bits per heavy atom. The molecule has 1 aromatic rings. The molecule has 1 N–H and O–H groups in total.